The van der Waals surface area contributed by atoms with Gasteiger partial charge in [-0.2, -0.15) is 0 Å². The molecule has 0 aliphatic heterocycles. The van der Waals surface area contributed by atoms with Crippen LogP contribution in [0.1, 0.15) is 33.4 Å². The maximum Gasteiger partial charge on any atom is 0.0991 e. The predicted octanol–water partition coefficient (Wildman–Crippen LogP) is 3.43. The van der Waals surface area contributed by atoms with Crippen molar-refractivity contribution < 1.29 is 0 Å². The van der Waals surface area contributed by atoms with Crippen LogP contribution >= 0.6 is 0 Å². The number of nitrogens with zero attached hydrogens (tertiary/aromatic N) is 2. The lowest BCUT2D eigenvalue weighted by atomic mass is 10.3. The fraction of sp³-hybridized carbons (Fsp3) is 0.364. The van der Waals surface area contributed by atoms with Crippen molar-refractivity contribution in [3.8, 4) is 0 Å². The van der Waals surface area contributed by atoms with Gasteiger partial charge in [-0.3, -0.25) is 0 Å². The van der Waals surface area contributed by atoms with Gasteiger partial charge in [-0.15, -0.1) is 0 Å². The first-order valence-corrected chi connectivity index (χ1v) is 4.56. The molecule has 1 rings (SSSR count). The molecule has 0 aliphatic carbocycles. The van der Waals surface area contributed by atoms with Crippen LogP contribution in [0.3, 0.4) is 0 Å². The third-order valence-corrected chi connectivity index (χ3v) is 1.41. The summed E-state index contributed by atoms with van der Waals surface area (Å²) in [6, 6.07) is 0. The third kappa shape index (κ3) is 3.28. The lowest BCUT2D eigenvalue weighted by Crippen LogP contribution is -1.88. The van der Waals surface area contributed by atoms with Crippen LogP contribution in [0.15, 0.2) is 25.2 Å². The second-order valence-corrected chi connectivity index (χ2v) is 2.45. The zero-order chi connectivity index (χ0) is 10.3. The first kappa shape index (κ1) is 11.7. The first-order valence-electron chi connectivity index (χ1n) is 4.56. The van der Waals surface area contributed by atoms with Crippen molar-refractivity contribution in [1.29, 1.82) is 0 Å². The summed E-state index contributed by atoms with van der Waals surface area (Å²) >= 11 is 0. The van der Waals surface area contributed by atoms with E-state index in [1.807, 2.05) is 50.7 Å². The molecule has 0 N–H and O–H groups in total. The number of hydrogen-bond donors (Lipinski definition) is 0. The Kier molecular flexibility index (Phi) is 5.60. The van der Waals surface area contributed by atoms with Crippen LogP contribution in [0.2, 0.25) is 0 Å². The zero-order valence-corrected chi connectivity index (χ0v) is 8.91. The highest BCUT2D eigenvalue weighted by Crippen LogP contribution is 2.10. The van der Waals surface area contributed by atoms with Crippen LogP contribution in [0, 0.1) is 0 Å². The monoisotopic (exact) mass is 178 g/mol. The van der Waals surface area contributed by atoms with Crippen molar-refractivity contribution in [1.82, 2.24) is 9.55 Å². The third-order valence-electron chi connectivity index (χ3n) is 1.41. The SMILES string of the molecule is C=C(C)c1cncn1/C=C\C.CC. The Morgan fingerprint density at radius 2 is 2.15 bits per heavy atom. The number of rotatable bonds is 2. The topological polar surface area (TPSA) is 17.8 Å². The molecule has 13 heavy (non-hydrogen) atoms. The summed E-state index contributed by atoms with van der Waals surface area (Å²) in [7, 11) is 0. The Bertz CT molecular complexity index is 282. The molecule has 0 unspecified atom stereocenters. The minimum Gasteiger partial charge on any atom is -0.306 e. The Balaban J connectivity index is 0.000000671. The number of hydrogen-bond acceptors (Lipinski definition) is 1. The van der Waals surface area contributed by atoms with E-state index >= 15 is 0 Å². The van der Waals surface area contributed by atoms with Crippen molar-refractivity contribution >= 4 is 11.8 Å². The van der Waals surface area contributed by atoms with E-state index in [1.165, 1.54) is 0 Å². The van der Waals surface area contributed by atoms with Gasteiger partial charge in [0.15, 0.2) is 0 Å². The minimum atomic E-state index is 1.03. The second-order valence-electron chi connectivity index (χ2n) is 2.45. The summed E-state index contributed by atoms with van der Waals surface area (Å²) in [5, 5.41) is 0. The molecule has 1 aromatic heterocycles. The maximum atomic E-state index is 4.01. The van der Waals surface area contributed by atoms with Crippen molar-refractivity contribution in [3.63, 3.8) is 0 Å². The van der Waals surface area contributed by atoms with Crippen LogP contribution in [-0.4, -0.2) is 9.55 Å². The molecule has 2 nitrogen and oxygen atoms in total. The smallest absolute Gasteiger partial charge is 0.0991 e. The van der Waals surface area contributed by atoms with Gasteiger partial charge in [0.25, 0.3) is 0 Å². The van der Waals surface area contributed by atoms with Crippen molar-refractivity contribution in [2.24, 2.45) is 0 Å². The van der Waals surface area contributed by atoms with Crippen LogP contribution < -0.4 is 0 Å². The lowest BCUT2D eigenvalue weighted by molar-refractivity contribution is 1.11. The molecule has 0 radical (unpaired) electrons. The largest absolute Gasteiger partial charge is 0.306 e. The number of allylic oxidation sites excluding steroid dienone is 2. The summed E-state index contributed by atoms with van der Waals surface area (Å²) in [4.78, 5) is 4.01. The maximum absolute atomic E-state index is 4.01. The fourth-order valence-corrected chi connectivity index (χ4v) is 0.915. The Labute approximate surface area is 80.6 Å². The molecule has 0 saturated carbocycles. The average molecular weight is 178 g/mol. The molecule has 0 bridgehead atoms. The predicted molar refractivity (Wildman–Crippen MR) is 59.3 cm³/mol. The molecule has 0 atom stereocenters. The van der Waals surface area contributed by atoms with E-state index < -0.39 is 0 Å². The molecule has 1 aromatic rings. The standard InChI is InChI=1S/C9H12N2.C2H6/c1-4-5-11-7-10-6-9(11)8(2)3;1-2/h4-7H,2H2,1,3H3;1-2H3/b5-4-;. The highest BCUT2D eigenvalue weighted by atomic mass is 15.0. The van der Waals surface area contributed by atoms with Gasteiger partial charge in [0.2, 0.25) is 0 Å². The van der Waals surface area contributed by atoms with E-state index in [4.69, 9.17) is 0 Å². The van der Waals surface area contributed by atoms with Crippen LogP contribution in [-0.2, 0) is 0 Å². The van der Waals surface area contributed by atoms with Gasteiger partial charge in [0.1, 0.15) is 0 Å². The van der Waals surface area contributed by atoms with Gasteiger partial charge >= 0.3 is 0 Å². The molecule has 72 valence electrons. The molecular weight excluding hydrogens is 160 g/mol. The Morgan fingerprint density at radius 1 is 1.54 bits per heavy atom. The molecule has 0 spiro atoms. The summed E-state index contributed by atoms with van der Waals surface area (Å²) in [6.45, 7) is 11.8. The van der Waals surface area contributed by atoms with Crippen molar-refractivity contribution in [3.05, 3.63) is 30.9 Å². The molecular formula is C11H18N2. The van der Waals surface area contributed by atoms with Crippen LogP contribution in [0.5, 0.6) is 0 Å². The van der Waals surface area contributed by atoms with E-state index in [2.05, 4.69) is 11.6 Å². The highest BCUT2D eigenvalue weighted by Gasteiger charge is 1.97. The molecule has 0 fully saturated rings. The zero-order valence-electron chi connectivity index (χ0n) is 8.91. The quantitative estimate of drug-likeness (QED) is 0.678. The fourth-order valence-electron chi connectivity index (χ4n) is 0.915. The van der Waals surface area contributed by atoms with Crippen LogP contribution in [0.4, 0.5) is 0 Å². The Morgan fingerprint density at radius 3 is 2.62 bits per heavy atom. The van der Waals surface area contributed by atoms with E-state index in [0.717, 1.165) is 11.3 Å². The average Bonchev–Trinajstić information content (AvgIpc) is 2.57. The van der Waals surface area contributed by atoms with Gasteiger partial charge < -0.3 is 4.57 Å². The second kappa shape index (κ2) is 6.23. The van der Waals surface area contributed by atoms with Gasteiger partial charge in [-0.25, -0.2) is 4.98 Å². The first-order chi connectivity index (χ1) is 6.25. The molecule has 1 heterocycles. The van der Waals surface area contributed by atoms with Crippen molar-refractivity contribution in [2.45, 2.75) is 27.7 Å². The summed E-state index contributed by atoms with van der Waals surface area (Å²) < 4.78 is 1.95. The van der Waals surface area contributed by atoms with E-state index in [0.29, 0.717) is 0 Å². The Hall–Kier alpha value is -1.31. The molecule has 2 heteroatoms. The molecule has 0 amide bonds. The highest BCUT2D eigenvalue weighted by molar-refractivity contribution is 5.59. The van der Waals surface area contributed by atoms with E-state index in [1.54, 1.807) is 6.33 Å². The van der Waals surface area contributed by atoms with Gasteiger partial charge in [0, 0.05) is 6.20 Å². The van der Waals surface area contributed by atoms with Gasteiger partial charge in [-0.1, -0.05) is 26.5 Å². The lowest BCUT2D eigenvalue weighted by Gasteiger charge is -1.99. The summed E-state index contributed by atoms with van der Waals surface area (Å²) in [6.07, 6.45) is 7.50. The molecule has 0 aliphatic rings. The number of aromatic nitrogens is 2. The van der Waals surface area contributed by atoms with Crippen LogP contribution in [0.25, 0.3) is 11.8 Å². The molecule has 0 saturated heterocycles. The summed E-state index contributed by atoms with van der Waals surface area (Å²) in [5.74, 6) is 0. The normalized spacial score (nSPS) is 9.54. The summed E-state index contributed by atoms with van der Waals surface area (Å²) in [5.41, 5.74) is 2.09. The van der Waals surface area contributed by atoms with Gasteiger partial charge in [-0.05, 0) is 19.4 Å². The van der Waals surface area contributed by atoms with Gasteiger partial charge in [0.05, 0.1) is 18.2 Å². The van der Waals surface area contributed by atoms with E-state index in [-0.39, 0.29) is 0 Å². The number of imidazole rings is 1. The molecule has 0 aromatic carbocycles. The van der Waals surface area contributed by atoms with Crippen molar-refractivity contribution in [2.75, 3.05) is 0 Å². The van der Waals surface area contributed by atoms with E-state index in [9.17, 15) is 0 Å². The minimum absolute atomic E-state index is 1.03.